The first-order valence-electron chi connectivity index (χ1n) is 14.4. The Labute approximate surface area is 237 Å². The minimum atomic E-state index is -4.50. The molecular formula is C30H36F3N5O3. The summed E-state index contributed by atoms with van der Waals surface area (Å²) in [7, 11) is 0. The molecule has 0 spiro atoms. The number of nitrogens with one attached hydrogen (secondary N) is 2. The number of alkyl halides is 3. The van der Waals surface area contributed by atoms with E-state index in [1.165, 1.54) is 12.1 Å². The summed E-state index contributed by atoms with van der Waals surface area (Å²) in [5.74, 6) is -0.0699. The van der Waals surface area contributed by atoms with Crippen LogP contribution in [0.2, 0.25) is 0 Å². The monoisotopic (exact) mass is 571 g/mol. The fourth-order valence-electron chi connectivity index (χ4n) is 5.89. The molecule has 1 aliphatic carbocycles. The third-order valence-electron chi connectivity index (χ3n) is 8.21. The Morgan fingerprint density at radius 1 is 0.732 bits per heavy atom. The molecule has 220 valence electrons. The second-order valence-corrected chi connectivity index (χ2v) is 11.0. The number of amides is 4. The maximum atomic E-state index is 13.7. The minimum absolute atomic E-state index is 0.00563. The zero-order chi connectivity index (χ0) is 29.0. The van der Waals surface area contributed by atoms with E-state index in [0.29, 0.717) is 50.5 Å². The molecule has 5 rings (SSSR count). The van der Waals surface area contributed by atoms with E-state index >= 15 is 0 Å². The van der Waals surface area contributed by atoms with Crippen molar-refractivity contribution in [3.8, 4) is 0 Å². The maximum Gasteiger partial charge on any atom is 0.416 e. The molecule has 0 unspecified atom stereocenters. The van der Waals surface area contributed by atoms with Gasteiger partial charge in [-0.3, -0.25) is 9.59 Å². The lowest BCUT2D eigenvalue weighted by atomic mass is 10.0. The van der Waals surface area contributed by atoms with Crippen molar-refractivity contribution in [2.75, 3.05) is 54.8 Å². The highest BCUT2D eigenvalue weighted by atomic mass is 19.4. The van der Waals surface area contributed by atoms with Crippen molar-refractivity contribution in [3.05, 3.63) is 53.6 Å². The molecule has 3 fully saturated rings. The number of halogens is 3. The molecule has 4 amide bonds. The van der Waals surface area contributed by atoms with E-state index in [9.17, 15) is 27.6 Å². The number of nitrogens with zero attached hydrogens (tertiary/aromatic N) is 3. The summed E-state index contributed by atoms with van der Waals surface area (Å²) in [4.78, 5) is 44.7. The van der Waals surface area contributed by atoms with Gasteiger partial charge in [0.1, 0.15) is 0 Å². The van der Waals surface area contributed by atoms with Crippen molar-refractivity contribution >= 4 is 34.9 Å². The Kier molecular flexibility index (Phi) is 8.70. The van der Waals surface area contributed by atoms with Crippen LogP contribution in [0.5, 0.6) is 0 Å². The van der Waals surface area contributed by atoms with Crippen molar-refractivity contribution in [1.82, 2.24) is 9.80 Å². The second kappa shape index (κ2) is 12.4. The van der Waals surface area contributed by atoms with Gasteiger partial charge in [-0.15, -0.1) is 0 Å². The lowest BCUT2D eigenvalue weighted by molar-refractivity contribution is -0.137. The van der Waals surface area contributed by atoms with Gasteiger partial charge in [0.25, 0.3) is 5.91 Å². The van der Waals surface area contributed by atoms with E-state index in [4.69, 9.17) is 0 Å². The quantitative estimate of drug-likeness (QED) is 0.474. The van der Waals surface area contributed by atoms with Gasteiger partial charge in [-0.1, -0.05) is 18.9 Å². The van der Waals surface area contributed by atoms with E-state index in [-0.39, 0.29) is 23.4 Å². The van der Waals surface area contributed by atoms with Crippen molar-refractivity contribution in [3.63, 3.8) is 0 Å². The molecule has 2 heterocycles. The minimum Gasteiger partial charge on any atom is -0.367 e. The van der Waals surface area contributed by atoms with Crippen LogP contribution in [0.4, 0.5) is 35.0 Å². The number of benzene rings is 2. The molecule has 0 atom stereocenters. The summed E-state index contributed by atoms with van der Waals surface area (Å²) in [5, 5.41) is 5.58. The summed E-state index contributed by atoms with van der Waals surface area (Å²) in [6.07, 6.45) is 2.39. The van der Waals surface area contributed by atoms with Crippen LogP contribution in [0.3, 0.4) is 0 Å². The average molecular weight is 572 g/mol. The lowest BCUT2D eigenvalue weighted by Crippen LogP contribution is -2.50. The normalized spacial score (nSPS) is 18.4. The zero-order valence-corrected chi connectivity index (χ0v) is 23.0. The highest BCUT2D eigenvalue weighted by Crippen LogP contribution is 2.32. The number of carbonyl (C=O) groups excluding carboxylic acids is 3. The van der Waals surface area contributed by atoms with Crippen molar-refractivity contribution in [2.24, 2.45) is 5.92 Å². The predicted octanol–water partition coefficient (Wildman–Crippen LogP) is 5.81. The zero-order valence-electron chi connectivity index (χ0n) is 23.0. The molecule has 0 aromatic heterocycles. The van der Waals surface area contributed by atoms with Gasteiger partial charge >= 0.3 is 12.2 Å². The Bertz CT molecular complexity index is 1260. The number of urea groups is 1. The predicted molar refractivity (Wildman–Crippen MR) is 151 cm³/mol. The van der Waals surface area contributed by atoms with Gasteiger partial charge in [-0.05, 0) is 68.5 Å². The van der Waals surface area contributed by atoms with E-state index in [1.807, 2.05) is 21.9 Å². The summed E-state index contributed by atoms with van der Waals surface area (Å²) in [6.45, 7) is 2.96. The van der Waals surface area contributed by atoms with Crippen LogP contribution in [0.1, 0.15) is 60.9 Å². The van der Waals surface area contributed by atoms with Crippen molar-refractivity contribution in [2.45, 2.75) is 51.1 Å². The first-order valence-corrected chi connectivity index (χ1v) is 14.4. The second-order valence-electron chi connectivity index (χ2n) is 11.0. The van der Waals surface area contributed by atoms with Crippen LogP contribution in [0.15, 0.2) is 42.5 Å². The summed E-state index contributed by atoms with van der Waals surface area (Å²) in [5.41, 5.74) is 1.13. The van der Waals surface area contributed by atoms with Gasteiger partial charge in [0.2, 0.25) is 5.91 Å². The fourth-order valence-corrected chi connectivity index (χ4v) is 5.89. The van der Waals surface area contributed by atoms with Crippen LogP contribution < -0.4 is 15.5 Å². The van der Waals surface area contributed by atoms with Crippen LogP contribution in [0.25, 0.3) is 0 Å². The fraction of sp³-hybridized carbons (Fsp3) is 0.500. The molecule has 41 heavy (non-hydrogen) atoms. The van der Waals surface area contributed by atoms with Crippen molar-refractivity contribution in [1.29, 1.82) is 0 Å². The number of piperidine rings is 1. The number of anilines is 3. The van der Waals surface area contributed by atoms with Crippen LogP contribution in [0, 0.1) is 5.92 Å². The molecule has 1 saturated carbocycles. The van der Waals surface area contributed by atoms with Gasteiger partial charge in [0.05, 0.1) is 11.1 Å². The number of carbonyl (C=O) groups is 3. The van der Waals surface area contributed by atoms with E-state index in [1.54, 1.807) is 11.0 Å². The molecule has 0 radical (unpaired) electrons. The average Bonchev–Trinajstić information content (AvgIpc) is 3.53. The first-order chi connectivity index (χ1) is 19.7. The Hall–Kier alpha value is -3.76. The summed E-state index contributed by atoms with van der Waals surface area (Å²) < 4.78 is 39.2. The van der Waals surface area contributed by atoms with Gasteiger partial charge in [0, 0.05) is 62.2 Å². The molecule has 2 aromatic rings. The highest BCUT2D eigenvalue weighted by molar-refractivity contribution is 6.02. The maximum absolute atomic E-state index is 13.7. The topological polar surface area (TPSA) is 85.0 Å². The number of hydrogen-bond donors (Lipinski definition) is 2. The van der Waals surface area contributed by atoms with Crippen LogP contribution in [-0.4, -0.2) is 66.9 Å². The Morgan fingerprint density at radius 2 is 1.41 bits per heavy atom. The van der Waals surface area contributed by atoms with Gasteiger partial charge in [-0.2, -0.15) is 13.2 Å². The molecule has 11 heteroatoms. The molecule has 3 aliphatic rings. The number of rotatable bonds is 5. The third kappa shape index (κ3) is 6.94. The highest BCUT2D eigenvalue weighted by Gasteiger charge is 2.31. The Balaban J connectivity index is 1.28. The number of hydrogen-bond acceptors (Lipinski definition) is 4. The van der Waals surface area contributed by atoms with Crippen LogP contribution >= 0.6 is 0 Å². The van der Waals surface area contributed by atoms with Gasteiger partial charge in [0.15, 0.2) is 0 Å². The number of piperazine rings is 1. The van der Waals surface area contributed by atoms with Crippen LogP contribution in [-0.2, 0) is 11.0 Å². The van der Waals surface area contributed by atoms with E-state index in [2.05, 4.69) is 10.6 Å². The number of likely N-dealkylation sites (tertiary alicyclic amines) is 1. The molecule has 0 bridgehead atoms. The first kappa shape index (κ1) is 28.8. The summed E-state index contributed by atoms with van der Waals surface area (Å²) >= 11 is 0. The molecule has 2 saturated heterocycles. The van der Waals surface area contributed by atoms with Gasteiger partial charge in [-0.25, -0.2) is 4.79 Å². The van der Waals surface area contributed by atoms with E-state index in [0.717, 1.165) is 62.8 Å². The smallest absolute Gasteiger partial charge is 0.367 e. The third-order valence-corrected chi connectivity index (χ3v) is 8.21. The molecular weight excluding hydrogens is 535 g/mol. The van der Waals surface area contributed by atoms with E-state index < -0.39 is 17.8 Å². The molecule has 2 aliphatic heterocycles. The SMILES string of the molecule is O=C(Nc1ccc(N2CCN(C(=O)Nc3cccc(C(F)(F)F)c3)CC2)c(C(=O)N2CCCCC2)c1)C1CCCC1. The molecule has 2 N–H and O–H groups in total. The Morgan fingerprint density at radius 3 is 2.10 bits per heavy atom. The van der Waals surface area contributed by atoms with Crippen molar-refractivity contribution < 1.29 is 27.6 Å². The standard InChI is InChI=1S/C30H36F3N5O3/c31-30(32,33)22-9-6-10-23(19-22)35-29(41)38-17-15-36(16-18-38)26-12-11-24(34-27(39)21-7-2-3-8-21)20-25(26)28(40)37-13-4-1-5-14-37/h6,9-12,19-21H,1-5,7-8,13-18H2,(H,34,39)(H,35,41). The molecule has 8 nitrogen and oxygen atoms in total. The molecule has 2 aromatic carbocycles. The van der Waals surface area contributed by atoms with Gasteiger partial charge < -0.3 is 25.3 Å². The largest absolute Gasteiger partial charge is 0.416 e. The lowest BCUT2D eigenvalue weighted by Gasteiger charge is -2.37. The summed E-state index contributed by atoms with van der Waals surface area (Å²) in [6, 6.07) is 9.54.